The van der Waals surface area contributed by atoms with E-state index in [1.807, 2.05) is 13.8 Å². The highest BCUT2D eigenvalue weighted by molar-refractivity contribution is 5.99. The highest BCUT2D eigenvalue weighted by Gasteiger charge is 2.19. The van der Waals surface area contributed by atoms with Crippen molar-refractivity contribution in [2.24, 2.45) is 0 Å². The molecule has 4 nitrogen and oxygen atoms in total. The molecule has 0 unspecified atom stereocenters. The molecule has 0 atom stereocenters. The van der Waals surface area contributed by atoms with Crippen molar-refractivity contribution < 1.29 is 19.1 Å². The average molecular weight is 355 g/mol. The highest BCUT2D eigenvalue weighted by Crippen LogP contribution is 2.18. The molecule has 0 amide bonds. The predicted molar refractivity (Wildman–Crippen MR) is 102 cm³/mol. The van der Waals surface area contributed by atoms with E-state index < -0.39 is 5.97 Å². The lowest BCUT2D eigenvalue weighted by Crippen LogP contribution is -2.16. The molecule has 0 heterocycles. The van der Waals surface area contributed by atoms with Crippen molar-refractivity contribution in [1.82, 2.24) is 0 Å². The molecule has 0 rings (SSSR count). The molecule has 0 bridgehead atoms. The van der Waals surface area contributed by atoms with Crippen molar-refractivity contribution in [2.45, 2.75) is 98.3 Å². The van der Waals surface area contributed by atoms with E-state index in [0.717, 1.165) is 25.7 Å². The fraction of sp³-hybridized carbons (Fsp3) is 0.810. The molecule has 0 aromatic rings. The molecule has 0 saturated heterocycles. The maximum absolute atomic E-state index is 12.3. The quantitative estimate of drug-likeness (QED) is 0.214. The van der Waals surface area contributed by atoms with Crippen molar-refractivity contribution in [3.8, 4) is 0 Å². The Morgan fingerprint density at radius 3 is 1.64 bits per heavy atom. The van der Waals surface area contributed by atoms with Crippen LogP contribution in [0.25, 0.3) is 0 Å². The first-order valence-electron chi connectivity index (χ1n) is 10.1. The molecule has 0 fully saturated rings. The number of hydrogen-bond acceptors (Lipinski definition) is 4. The average Bonchev–Trinajstić information content (AvgIpc) is 2.62. The summed E-state index contributed by atoms with van der Waals surface area (Å²) < 4.78 is 10.4. The standard InChI is InChI=1S/C21H38O4/c1-5-8-9-10-11-12-13-14-15-19(21(23)25-17-7-3)18(4)20(22)24-16-6-2/h5-17H2,1-4H3. The SMILES string of the molecule is CCCCCCCCCCC(C(=O)OCCC)=C(C)C(=O)OCCC. The van der Waals surface area contributed by atoms with Crippen LogP contribution >= 0.6 is 0 Å². The van der Waals surface area contributed by atoms with Crippen LogP contribution in [0.2, 0.25) is 0 Å². The molecule has 0 N–H and O–H groups in total. The van der Waals surface area contributed by atoms with Gasteiger partial charge in [0.1, 0.15) is 0 Å². The van der Waals surface area contributed by atoms with Crippen molar-refractivity contribution >= 4 is 11.9 Å². The molecule has 0 aliphatic heterocycles. The van der Waals surface area contributed by atoms with Crippen molar-refractivity contribution in [3.05, 3.63) is 11.1 Å². The molecular weight excluding hydrogens is 316 g/mol. The minimum atomic E-state index is -0.398. The van der Waals surface area contributed by atoms with Gasteiger partial charge in [0, 0.05) is 11.1 Å². The molecule has 0 aliphatic carbocycles. The van der Waals surface area contributed by atoms with Crippen LogP contribution in [-0.2, 0) is 19.1 Å². The van der Waals surface area contributed by atoms with Gasteiger partial charge in [-0.25, -0.2) is 9.59 Å². The number of carbonyl (C=O) groups is 2. The summed E-state index contributed by atoms with van der Waals surface area (Å²) in [7, 11) is 0. The van der Waals surface area contributed by atoms with Gasteiger partial charge in [0.25, 0.3) is 0 Å². The van der Waals surface area contributed by atoms with Gasteiger partial charge in [0.2, 0.25) is 0 Å². The van der Waals surface area contributed by atoms with Gasteiger partial charge in [0.05, 0.1) is 13.2 Å². The Balaban J connectivity index is 4.49. The van der Waals surface area contributed by atoms with Crippen LogP contribution in [-0.4, -0.2) is 25.2 Å². The fourth-order valence-electron chi connectivity index (χ4n) is 2.59. The normalized spacial score (nSPS) is 11.8. The Labute approximate surface area is 154 Å². The van der Waals surface area contributed by atoms with Crippen LogP contribution < -0.4 is 0 Å². The van der Waals surface area contributed by atoms with E-state index in [1.165, 1.54) is 38.5 Å². The second kappa shape index (κ2) is 16.2. The van der Waals surface area contributed by atoms with Crippen molar-refractivity contribution in [3.63, 3.8) is 0 Å². The van der Waals surface area contributed by atoms with E-state index in [0.29, 0.717) is 30.8 Å². The Kier molecular flexibility index (Phi) is 15.3. The molecule has 0 aliphatic rings. The van der Waals surface area contributed by atoms with Crippen LogP contribution in [0.1, 0.15) is 98.3 Å². The summed E-state index contributed by atoms with van der Waals surface area (Å²) in [5.41, 5.74) is 0.887. The predicted octanol–water partition coefficient (Wildman–Crippen LogP) is 5.74. The van der Waals surface area contributed by atoms with Gasteiger partial charge in [-0.05, 0) is 32.6 Å². The summed E-state index contributed by atoms with van der Waals surface area (Å²) in [6.07, 6.45) is 11.7. The molecule has 0 saturated carbocycles. The van der Waals surface area contributed by atoms with E-state index in [4.69, 9.17) is 9.47 Å². The maximum atomic E-state index is 12.3. The third-order valence-corrected chi connectivity index (χ3v) is 4.16. The first-order valence-corrected chi connectivity index (χ1v) is 10.1. The summed E-state index contributed by atoms with van der Waals surface area (Å²) in [6.45, 7) is 8.56. The van der Waals surface area contributed by atoms with Gasteiger partial charge in [-0.1, -0.05) is 65.7 Å². The minimum Gasteiger partial charge on any atom is -0.462 e. The zero-order chi connectivity index (χ0) is 18.9. The summed E-state index contributed by atoms with van der Waals surface area (Å²) in [5, 5.41) is 0. The monoisotopic (exact) mass is 354 g/mol. The Bertz CT molecular complexity index is 399. The zero-order valence-corrected chi connectivity index (χ0v) is 16.8. The van der Waals surface area contributed by atoms with Crippen LogP contribution in [0, 0.1) is 0 Å². The molecule has 0 spiro atoms. The summed E-state index contributed by atoms with van der Waals surface area (Å²) in [6, 6.07) is 0. The lowest BCUT2D eigenvalue weighted by Gasteiger charge is -2.12. The number of hydrogen-bond donors (Lipinski definition) is 0. The maximum Gasteiger partial charge on any atom is 0.334 e. The lowest BCUT2D eigenvalue weighted by molar-refractivity contribution is -0.142. The van der Waals surface area contributed by atoms with E-state index in [9.17, 15) is 9.59 Å². The molecule has 0 aromatic carbocycles. The molecule has 4 heteroatoms. The smallest absolute Gasteiger partial charge is 0.334 e. The summed E-state index contributed by atoms with van der Waals surface area (Å²) in [4.78, 5) is 24.3. The highest BCUT2D eigenvalue weighted by atomic mass is 16.5. The second-order valence-electron chi connectivity index (χ2n) is 6.60. The minimum absolute atomic E-state index is 0.365. The van der Waals surface area contributed by atoms with Gasteiger partial charge in [-0.3, -0.25) is 0 Å². The van der Waals surface area contributed by atoms with Gasteiger partial charge in [-0.15, -0.1) is 0 Å². The number of ether oxygens (including phenoxy) is 2. The number of carbonyl (C=O) groups excluding carboxylic acids is 2. The Morgan fingerprint density at radius 1 is 0.640 bits per heavy atom. The molecule has 25 heavy (non-hydrogen) atoms. The zero-order valence-electron chi connectivity index (χ0n) is 16.8. The molecular formula is C21H38O4. The number of rotatable bonds is 15. The first kappa shape index (κ1) is 23.7. The van der Waals surface area contributed by atoms with E-state index >= 15 is 0 Å². The van der Waals surface area contributed by atoms with Crippen molar-refractivity contribution in [1.29, 1.82) is 0 Å². The topological polar surface area (TPSA) is 52.6 Å². The molecule has 146 valence electrons. The first-order chi connectivity index (χ1) is 12.1. The van der Waals surface area contributed by atoms with Gasteiger partial charge in [0.15, 0.2) is 0 Å². The van der Waals surface area contributed by atoms with Crippen LogP contribution in [0.5, 0.6) is 0 Å². The number of esters is 2. The van der Waals surface area contributed by atoms with Gasteiger partial charge >= 0.3 is 11.9 Å². The fourth-order valence-corrected chi connectivity index (χ4v) is 2.59. The Hall–Kier alpha value is -1.32. The Morgan fingerprint density at radius 2 is 1.12 bits per heavy atom. The van der Waals surface area contributed by atoms with Crippen LogP contribution in [0.15, 0.2) is 11.1 Å². The van der Waals surface area contributed by atoms with E-state index in [2.05, 4.69) is 6.92 Å². The largest absolute Gasteiger partial charge is 0.462 e. The van der Waals surface area contributed by atoms with Gasteiger partial charge in [-0.2, -0.15) is 0 Å². The third-order valence-electron chi connectivity index (χ3n) is 4.16. The van der Waals surface area contributed by atoms with Crippen LogP contribution in [0.4, 0.5) is 0 Å². The summed E-state index contributed by atoms with van der Waals surface area (Å²) >= 11 is 0. The van der Waals surface area contributed by atoms with E-state index in [-0.39, 0.29) is 5.97 Å². The van der Waals surface area contributed by atoms with E-state index in [1.54, 1.807) is 6.92 Å². The third kappa shape index (κ3) is 11.8. The van der Waals surface area contributed by atoms with Crippen LogP contribution in [0.3, 0.4) is 0 Å². The lowest BCUT2D eigenvalue weighted by atomic mass is 10.0. The van der Waals surface area contributed by atoms with Crippen molar-refractivity contribution in [2.75, 3.05) is 13.2 Å². The number of unbranched alkanes of at least 4 members (excludes halogenated alkanes) is 7. The van der Waals surface area contributed by atoms with Gasteiger partial charge < -0.3 is 9.47 Å². The second-order valence-corrected chi connectivity index (χ2v) is 6.60. The summed E-state index contributed by atoms with van der Waals surface area (Å²) in [5.74, 6) is -0.763. The molecule has 0 aromatic heterocycles. The molecule has 0 radical (unpaired) electrons.